The predicted octanol–water partition coefficient (Wildman–Crippen LogP) is 0.849. The zero-order valence-electron chi connectivity index (χ0n) is 11.3. The maximum Gasteiger partial charge on any atom is 0.309 e. The fraction of sp³-hybridized carbons (Fsp3) is 0.385. The number of para-hydroxylation sites is 1. The van der Waals surface area contributed by atoms with E-state index in [2.05, 4.69) is 10.1 Å². The van der Waals surface area contributed by atoms with Gasteiger partial charge in [0.15, 0.2) is 9.84 Å². The van der Waals surface area contributed by atoms with Crippen LogP contribution in [-0.2, 0) is 24.2 Å². The van der Waals surface area contributed by atoms with Crippen molar-refractivity contribution in [2.75, 3.05) is 23.9 Å². The molecule has 1 amide bonds. The summed E-state index contributed by atoms with van der Waals surface area (Å²) in [7, 11) is -2.48. The molecule has 1 rings (SSSR count). The molecule has 6 nitrogen and oxygen atoms in total. The molecule has 0 fully saturated rings. The molecule has 0 spiro atoms. The van der Waals surface area contributed by atoms with Crippen LogP contribution in [-0.4, -0.2) is 38.9 Å². The van der Waals surface area contributed by atoms with Crippen molar-refractivity contribution >= 4 is 27.4 Å². The molecule has 0 aliphatic rings. The van der Waals surface area contributed by atoms with Gasteiger partial charge in [-0.2, -0.15) is 0 Å². The van der Waals surface area contributed by atoms with Crippen molar-refractivity contribution in [2.45, 2.75) is 6.92 Å². The molecular formula is C13H17NO5S. The van der Waals surface area contributed by atoms with E-state index in [0.29, 0.717) is 5.69 Å². The normalized spacial score (nSPS) is 12.5. The van der Waals surface area contributed by atoms with E-state index in [1.807, 2.05) is 0 Å². The van der Waals surface area contributed by atoms with Gasteiger partial charge in [0.25, 0.3) is 0 Å². The topological polar surface area (TPSA) is 89.5 Å². The minimum Gasteiger partial charge on any atom is -0.469 e. The number of benzene rings is 1. The van der Waals surface area contributed by atoms with Crippen LogP contribution in [0.2, 0.25) is 0 Å². The predicted molar refractivity (Wildman–Crippen MR) is 74.9 cm³/mol. The van der Waals surface area contributed by atoms with Crippen LogP contribution < -0.4 is 5.32 Å². The third kappa shape index (κ3) is 5.40. The van der Waals surface area contributed by atoms with Crippen LogP contribution in [0.3, 0.4) is 0 Å². The van der Waals surface area contributed by atoms with Crippen molar-refractivity contribution in [1.82, 2.24) is 0 Å². The molecule has 0 aliphatic carbocycles. The molecule has 0 aromatic heterocycles. The fourth-order valence-electron chi connectivity index (χ4n) is 1.63. The summed E-state index contributed by atoms with van der Waals surface area (Å²) in [5, 5.41) is 2.48. The molecule has 110 valence electrons. The van der Waals surface area contributed by atoms with Crippen LogP contribution in [0.25, 0.3) is 0 Å². The van der Waals surface area contributed by atoms with E-state index in [-0.39, 0.29) is 0 Å². The molecule has 20 heavy (non-hydrogen) atoms. The van der Waals surface area contributed by atoms with Gasteiger partial charge >= 0.3 is 5.97 Å². The summed E-state index contributed by atoms with van der Waals surface area (Å²) in [6, 6.07) is 8.54. The molecule has 1 N–H and O–H groups in total. The molecule has 0 bridgehead atoms. The van der Waals surface area contributed by atoms with E-state index in [1.54, 1.807) is 30.3 Å². The molecular weight excluding hydrogens is 282 g/mol. The van der Waals surface area contributed by atoms with Crippen molar-refractivity contribution < 1.29 is 22.7 Å². The molecule has 0 saturated heterocycles. The molecule has 1 aromatic rings. The Morgan fingerprint density at radius 2 is 1.85 bits per heavy atom. The van der Waals surface area contributed by atoms with Crippen LogP contribution in [0.4, 0.5) is 5.69 Å². The Bertz CT molecular complexity index is 568. The molecule has 1 unspecified atom stereocenters. The van der Waals surface area contributed by atoms with Gasteiger partial charge in [0.05, 0.1) is 18.8 Å². The smallest absolute Gasteiger partial charge is 0.309 e. The fourth-order valence-corrected chi connectivity index (χ4v) is 3.11. The minimum absolute atomic E-state index is 0.415. The second-order valence-corrected chi connectivity index (χ2v) is 6.50. The summed E-state index contributed by atoms with van der Waals surface area (Å²) in [4.78, 5) is 22.8. The van der Waals surface area contributed by atoms with Gasteiger partial charge in [0, 0.05) is 5.69 Å². The van der Waals surface area contributed by atoms with E-state index in [9.17, 15) is 18.0 Å². The first kappa shape index (κ1) is 16.2. The standard InChI is InChI=1S/C13H17NO5S/c1-10(13(16)19-2)8-20(17,18)9-12(15)14-11-6-4-3-5-7-11/h3-7,10H,8-9H2,1-2H3,(H,14,15). The lowest BCUT2D eigenvalue weighted by Crippen LogP contribution is -2.29. The van der Waals surface area contributed by atoms with Gasteiger partial charge < -0.3 is 10.1 Å². The SMILES string of the molecule is COC(=O)C(C)CS(=O)(=O)CC(=O)Nc1ccccc1. The summed E-state index contributed by atoms with van der Waals surface area (Å²) in [6.07, 6.45) is 0. The van der Waals surface area contributed by atoms with Crippen molar-refractivity contribution in [2.24, 2.45) is 5.92 Å². The molecule has 1 aromatic carbocycles. The van der Waals surface area contributed by atoms with Gasteiger partial charge in [-0.1, -0.05) is 25.1 Å². The van der Waals surface area contributed by atoms with E-state index in [4.69, 9.17) is 0 Å². The van der Waals surface area contributed by atoms with Crippen LogP contribution >= 0.6 is 0 Å². The molecule has 0 radical (unpaired) electrons. The quantitative estimate of drug-likeness (QED) is 0.787. The molecule has 7 heteroatoms. The Morgan fingerprint density at radius 1 is 1.25 bits per heavy atom. The third-order valence-corrected chi connectivity index (χ3v) is 4.23. The number of hydrogen-bond donors (Lipinski definition) is 1. The molecule has 1 atom stereocenters. The number of rotatable bonds is 6. The molecule has 0 heterocycles. The van der Waals surface area contributed by atoms with Crippen LogP contribution in [0.5, 0.6) is 0 Å². The average molecular weight is 299 g/mol. The van der Waals surface area contributed by atoms with Gasteiger partial charge in [-0.3, -0.25) is 9.59 Å². The highest BCUT2D eigenvalue weighted by atomic mass is 32.2. The number of nitrogens with one attached hydrogen (secondary N) is 1. The number of esters is 1. The number of amides is 1. The Hall–Kier alpha value is -1.89. The van der Waals surface area contributed by atoms with Crippen molar-refractivity contribution in [3.63, 3.8) is 0 Å². The Balaban J connectivity index is 2.58. The highest BCUT2D eigenvalue weighted by molar-refractivity contribution is 7.92. The highest BCUT2D eigenvalue weighted by Crippen LogP contribution is 2.07. The van der Waals surface area contributed by atoms with Gasteiger partial charge in [-0.15, -0.1) is 0 Å². The number of ether oxygens (including phenoxy) is 1. The highest BCUT2D eigenvalue weighted by Gasteiger charge is 2.24. The monoisotopic (exact) mass is 299 g/mol. The summed E-state index contributed by atoms with van der Waals surface area (Å²) >= 11 is 0. The van der Waals surface area contributed by atoms with E-state index in [1.165, 1.54) is 14.0 Å². The zero-order valence-corrected chi connectivity index (χ0v) is 12.1. The molecule has 0 saturated carbocycles. The van der Waals surface area contributed by atoms with Crippen LogP contribution in [0.1, 0.15) is 6.92 Å². The maximum atomic E-state index is 11.8. The molecule has 0 aliphatic heterocycles. The summed E-state index contributed by atoms with van der Waals surface area (Å²) in [6.45, 7) is 1.44. The average Bonchev–Trinajstić information content (AvgIpc) is 2.37. The summed E-state index contributed by atoms with van der Waals surface area (Å²) in [5.74, 6) is -3.12. The Labute approximate surface area is 118 Å². The van der Waals surface area contributed by atoms with Crippen LogP contribution in [0.15, 0.2) is 30.3 Å². The lowest BCUT2D eigenvalue weighted by molar-refractivity contribution is -0.144. The Kier molecular flexibility index (Phi) is 5.69. The number of carbonyl (C=O) groups is 2. The first-order chi connectivity index (χ1) is 9.34. The second kappa shape index (κ2) is 7.04. The number of carbonyl (C=O) groups excluding carboxylic acids is 2. The van der Waals surface area contributed by atoms with Crippen molar-refractivity contribution in [1.29, 1.82) is 0 Å². The van der Waals surface area contributed by atoms with E-state index >= 15 is 0 Å². The van der Waals surface area contributed by atoms with Gasteiger partial charge in [0.1, 0.15) is 5.75 Å². The summed E-state index contributed by atoms with van der Waals surface area (Å²) < 4.78 is 28.0. The second-order valence-electron chi connectivity index (χ2n) is 4.39. The lowest BCUT2D eigenvalue weighted by atomic mass is 10.2. The number of methoxy groups -OCH3 is 1. The number of hydrogen-bond acceptors (Lipinski definition) is 5. The maximum absolute atomic E-state index is 11.8. The van der Waals surface area contributed by atoms with Crippen molar-refractivity contribution in [3.05, 3.63) is 30.3 Å². The first-order valence-electron chi connectivity index (χ1n) is 5.97. The van der Waals surface area contributed by atoms with Crippen molar-refractivity contribution in [3.8, 4) is 0 Å². The van der Waals surface area contributed by atoms with Crippen LogP contribution in [0, 0.1) is 5.92 Å². The zero-order chi connectivity index (χ0) is 15.2. The number of sulfone groups is 1. The van der Waals surface area contributed by atoms with E-state index < -0.39 is 39.1 Å². The number of anilines is 1. The first-order valence-corrected chi connectivity index (χ1v) is 7.79. The van der Waals surface area contributed by atoms with Gasteiger partial charge in [-0.05, 0) is 12.1 Å². The summed E-state index contributed by atoms with van der Waals surface area (Å²) in [5.41, 5.74) is 0.522. The van der Waals surface area contributed by atoms with E-state index in [0.717, 1.165) is 0 Å². The lowest BCUT2D eigenvalue weighted by Gasteiger charge is -2.10. The minimum atomic E-state index is -3.67. The largest absolute Gasteiger partial charge is 0.469 e. The third-order valence-electron chi connectivity index (χ3n) is 2.52. The van der Waals surface area contributed by atoms with Gasteiger partial charge in [0.2, 0.25) is 5.91 Å². The Morgan fingerprint density at radius 3 is 2.40 bits per heavy atom. The van der Waals surface area contributed by atoms with Gasteiger partial charge in [-0.25, -0.2) is 8.42 Å².